The average Bonchev–Trinajstić information content (AvgIpc) is 2.88. The van der Waals surface area contributed by atoms with Crippen LogP contribution in [0.3, 0.4) is 0 Å². The van der Waals surface area contributed by atoms with Gasteiger partial charge in [0.2, 0.25) is 0 Å². The van der Waals surface area contributed by atoms with Crippen molar-refractivity contribution in [2.45, 2.75) is 10.9 Å². The van der Waals surface area contributed by atoms with E-state index in [1.807, 2.05) is 30.3 Å². The Kier molecular flexibility index (Phi) is 5.19. The highest BCUT2D eigenvalue weighted by molar-refractivity contribution is 7.98. The summed E-state index contributed by atoms with van der Waals surface area (Å²) in [4.78, 5) is 30.4. The fourth-order valence-electron chi connectivity index (χ4n) is 4.33. The smallest absolute Gasteiger partial charge is 0.336 e. The van der Waals surface area contributed by atoms with E-state index in [1.54, 1.807) is 48.5 Å². The molecule has 5 nitrogen and oxygen atoms in total. The van der Waals surface area contributed by atoms with Gasteiger partial charge in [-0.1, -0.05) is 66.4 Å². The van der Waals surface area contributed by atoms with Gasteiger partial charge in [0.1, 0.15) is 11.4 Å². The molecule has 0 saturated heterocycles. The van der Waals surface area contributed by atoms with Crippen molar-refractivity contribution in [2.75, 3.05) is 0 Å². The normalized spacial score (nSPS) is 11.5. The topological polar surface area (TPSA) is 65.1 Å². The first-order valence-corrected chi connectivity index (χ1v) is 11.9. The summed E-state index contributed by atoms with van der Waals surface area (Å²) in [6.07, 6.45) is 0. The van der Waals surface area contributed by atoms with E-state index in [2.05, 4.69) is 0 Å². The number of hydrogen-bond donors (Lipinski definition) is 0. The number of fused-ring (bicyclic) bond motifs is 4. The fourth-order valence-corrected chi connectivity index (χ4v) is 5.32. The van der Waals surface area contributed by atoms with Gasteiger partial charge in [0.25, 0.3) is 5.56 Å². The first kappa shape index (κ1) is 21.3. The number of aromatic nitrogens is 2. The molecule has 0 unspecified atom stereocenters. The van der Waals surface area contributed by atoms with Crippen molar-refractivity contribution < 1.29 is 8.81 Å². The number of thioether (sulfide) groups is 1. The number of benzene rings is 4. The minimum atomic E-state index is -0.523. The highest BCUT2D eigenvalue weighted by Gasteiger charge is 2.17. The van der Waals surface area contributed by atoms with Crippen molar-refractivity contribution >= 4 is 44.4 Å². The molecule has 0 atom stereocenters. The van der Waals surface area contributed by atoms with Crippen LogP contribution in [0.4, 0.5) is 4.39 Å². The van der Waals surface area contributed by atoms with Crippen LogP contribution < -0.4 is 11.2 Å². The van der Waals surface area contributed by atoms with Gasteiger partial charge in [-0.3, -0.25) is 9.36 Å². The van der Waals surface area contributed by atoms with E-state index < -0.39 is 11.4 Å². The second-order valence-electron chi connectivity index (χ2n) is 8.04. The Balaban J connectivity index is 1.54. The molecule has 6 aromatic rings. The lowest BCUT2D eigenvalue weighted by atomic mass is 10.0. The monoisotopic (exact) mass is 480 g/mol. The van der Waals surface area contributed by atoms with Crippen LogP contribution in [0.2, 0.25) is 0 Å². The van der Waals surface area contributed by atoms with Gasteiger partial charge in [-0.05, 0) is 46.7 Å². The molecular formula is C28H17FN2O3S. The summed E-state index contributed by atoms with van der Waals surface area (Å²) in [5.41, 5.74) is 1.08. The van der Waals surface area contributed by atoms with Gasteiger partial charge in [0.15, 0.2) is 5.16 Å². The second-order valence-corrected chi connectivity index (χ2v) is 8.99. The molecule has 2 heterocycles. The van der Waals surface area contributed by atoms with Crippen LogP contribution in [-0.4, -0.2) is 9.55 Å². The summed E-state index contributed by atoms with van der Waals surface area (Å²) in [6, 6.07) is 26.1. The van der Waals surface area contributed by atoms with E-state index in [4.69, 9.17) is 9.40 Å². The first-order chi connectivity index (χ1) is 17.1. The van der Waals surface area contributed by atoms with E-state index in [9.17, 15) is 14.0 Å². The van der Waals surface area contributed by atoms with Crippen LogP contribution >= 0.6 is 11.8 Å². The van der Waals surface area contributed by atoms with Gasteiger partial charge in [-0.2, -0.15) is 0 Å². The molecule has 170 valence electrons. The predicted molar refractivity (Wildman–Crippen MR) is 137 cm³/mol. The second kappa shape index (κ2) is 8.52. The van der Waals surface area contributed by atoms with Crippen molar-refractivity contribution in [2.24, 2.45) is 0 Å². The zero-order chi connectivity index (χ0) is 23.9. The third-order valence-electron chi connectivity index (χ3n) is 5.91. The summed E-state index contributed by atoms with van der Waals surface area (Å²) in [6.45, 7) is 0. The van der Waals surface area contributed by atoms with Gasteiger partial charge in [-0.25, -0.2) is 14.2 Å². The molecule has 0 spiro atoms. The van der Waals surface area contributed by atoms with E-state index in [0.29, 0.717) is 27.4 Å². The quantitative estimate of drug-likeness (QED) is 0.132. The average molecular weight is 481 g/mol. The maximum atomic E-state index is 14.8. The number of para-hydroxylation sites is 2. The van der Waals surface area contributed by atoms with Gasteiger partial charge in [0.05, 0.1) is 16.6 Å². The Labute approximate surface area is 202 Å². The molecule has 0 fully saturated rings. The van der Waals surface area contributed by atoms with Gasteiger partial charge < -0.3 is 4.42 Å². The largest absolute Gasteiger partial charge is 0.423 e. The lowest BCUT2D eigenvalue weighted by Crippen LogP contribution is -2.22. The molecule has 0 saturated carbocycles. The number of halogens is 1. The molecule has 6 rings (SSSR count). The highest BCUT2D eigenvalue weighted by Crippen LogP contribution is 2.32. The Bertz CT molecular complexity index is 1880. The molecule has 0 aliphatic carbocycles. The Morgan fingerprint density at radius 2 is 1.60 bits per heavy atom. The Hall–Kier alpha value is -4.23. The van der Waals surface area contributed by atoms with Crippen LogP contribution in [0.25, 0.3) is 38.3 Å². The standard InChI is InChI=1S/C28H17FN2O3S/c29-21-10-4-6-12-23(21)31-27(33)20-9-3-5-11-22(20)30-28(31)35-16-18-15-25(32)34-24-14-13-17-7-1-2-8-19(17)26(18)24/h1-15H,16H2. The molecule has 7 heteroatoms. The molecule has 0 aliphatic heterocycles. The maximum Gasteiger partial charge on any atom is 0.336 e. The summed E-state index contributed by atoms with van der Waals surface area (Å²) in [5, 5.41) is 3.54. The third kappa shape index (κ3) is 3.70. The summed E-state index contributed by atoms with van der Waals surface area (Å²) >= 11 is 1.27. The van der Waals surface area contributed by atoms with Crippen LogP contribution in [-0.2, 0) is 5.75 Å². The molecule has 0 amide bonds. The summed E-state index contributed by atoms with van der Waals surface area (Å²) in [7, 11) is 0. The van der Waals surface area contributed by atoms with Crippen LogP contribution in [0.5, 0.6) is 0 Å². The molecule has 35 heavy (non-hydrogen) atoms. The van der Waals surface area contributed by atoms with Crippen LogP contribution in [0, 0.1) is 5.82 Å². The van der Waals surface area contributed by atoms with Gasteiger partial charge in [0, 0.05) is 17.2 Å². The Morgan fingerprint density at radius 1 is 0.857 bits per heavy atom. The first-order valence-electron chi connectivity index (χ1n) is 10.9. The van der Waals surface area contributed by atoms with E-state index >= 15 is 0 Å². The lowest BCUT2D eigenvalue weighted by Gasteiger charge is -2.14. The van der Waals surface area contributed by atoms with Gasteiger partial charge in [-0.15, -0.1) is 0 Å². The Morgan fingerprint density at radius 3 is 2.46 bits per heavy atom. The van der Waals surface area contributed by atoms with Crippen molar-refractivity contribution in [1.29, 1.82) is 0 Å². The van der Waals surface area contributed by atoms with E-state index in [-0.39, 0.29) is 11.2 Å². The van der Waals surface area contributed by atoms with Crippen molar-refractivity contribution in [3.63, 3.8) is 0 Å². The highest BCUT2D eigenvalue weighted by atomic mass is 32.2. The zero-order valence-corrected chi connectivity index (χ0v) is 19.1. The SMILES string of the molecule is O=c1cc(CSc2nc3ccccc3c(=O)n2-c2ccccc2F)c2c(ccc3ccccc32)o1. The van der Waals surface area contributed by atoms with E-state index in [0.717, 1.165) is 21.7 Å². The van der Waals surface area contributed by atoms with Gasteiger partial charge >= 0.3 is 5.63 Å². The third-order valence-corrected chi connectivity index (χ3v) is 6.90. The van der Waals surface area contributed by atoms with Crippen LogP contribution in [0.15, 0.2) is 110 Å². The molecule has 0 N–H and O–H groups in total. The zero-order valence-electron chi connectivity index (χ0n) is 18.3. The number of nitrogens with zero attached hydrogens (tertiary/aromatic N) is 2. The molecular weight excluding hydrogens is 463 g/mol. The van der Waals surface area contributed by atoms with Crippen molar-refractivity contribution in [3.05, 3.63) is 123 Å². The number of rotatable bonds is 4. The fraction of sp³-hybridized carbons (Fsp3) is 0.0357. The summed E-state index contributed by atoms with van der Waals surface area (Å²) < 4.78 is 21.5. The molecule has 0 aliphatic rings. The molecule has 4 aromatic carbocycles. The molecule has 2 aromatic heterocycles. The number of hydrogen-bond acceptors (Lipinski definition) is 5. The van der Waals surface area contributed by atoms with Crippen molar-refractivity contribution in [3.8, 4) is 5.69 Å². The maximum absolute atomic E-state index is 14.8. The summed E-state index contributed by atoms with van der Waals surface area (Å²) in [5.74, 6) is -0.194. The van der Waals surface area contributed by atoms with Crippen molar-refractivity contribution in [1.82, 2.24) is 9.55 Å². The predicted octanol–water partition coefficient (Wildman–Crippen LogP) is 6.08. The van der Waals surface area contributed by atoms with Crippen LogP contribution in [0.1, 0.15) is 5.56 Å². The van der Waals surface area contributed by atoms with E-state index in [1.165, 1.54) is 28.5 Å². The molecule has 0 radical (unpaired) electrons. The minimum Gasteiger partial charge on any atom is -0.423 e. The lowest BCUT2D eigenvalue weighted by molar-refractivity contribution is 0.560. The molecule has 0 bridgehead atoms. The minimum absolute atomic E-state index is 0.126.